The van der Waals surface area contributed by atoms with E-state index < -0.39 is 15.9 Å². The van der Waals surface area contributed by atoms with Crippen LogP contribution < -0.4 is 10.1 Å². The Morgan fingerprint density at radius 1 is 1.10 bits per heavy atom. The summed E-state index contributed by atoms with van der Waals surface area (Å²) >= 11 is 0. The van der Waals surface area contributed by atoms with E-state index in [1.807, 2.05) is 19.1 Å². The van der Waals surface area contributed by atoms with Gasteiger partial charge in [0.1, 0.15) is 11.3 Å². The molecule has 3 aromatic rings. The van der Waals surface area contributed by atoms with Crippen LogP contribution in [-0.4, -0.2) is 52.0 Å². The van der Waals surface area contributed by atoms with Crippen molar-refractivity contribution in [2.75, 3.05) is 38.7 Å². The maximum Gasteiger partial charge on any atom is 0.291 e. The molecule has 164 valence electrons. The molecule has 0 unspecified atom stereocenters. The third-order valence-electron chi connectivity index (χ3n) is 5.32. The van der Waals surface area contributed by atoms with Crippen molar-refractivity contribution in [3.05, 3.63) is 53.3 Å². The minimum atomic E-state index is -3.65. The van der Waals surface area contributed by atoms with Crippen LogP contribution in [0.3, 0.4) is 0 Å². The number of furan rings is 1. The number of ether oxygens (including phenoxy) is 2. The van der Waals surface area contributed by atoms with Gasteiger partial charge < -0.3 is 19.2 Å². The van der Waals surface area contributed by atoms with E-state index in [0.29, 0.717) is 54.3 Å². The molecule has 0 radical (unpaired) electrons. The first kappa shape index (κ1) is 21.4. The highest BCUT2D eigenvalue weighted by atomic mass is 32.2. The molecule has 0 aliphatic carbocycles. The highest BCUT2D eigenvalue weighted by Crippen LogP contribution is 2.31. The fraction of sp³-hybridized carbons (Fsp3) is 0.318. The van der Waals surface area contributed by atoms with Crippen LogP contribution in [0.2, 0.25) is 0 Å². The van der Waals surface area contributed by atoms with Gasteiger partial charge in [0, 0.05) is 24.0 Å². The average Bonchev–Trinajstić information content (AvgIpc) is 3.10. The summed E-state index contributed by atoms with van der Waals surface area (Å²) in [6.07, 6.45) is 0. The fourth-order valence-corrected chi connectivity index (χ4v) is 5.05. The molecule has 1 amide bonds. The van der Waals surface area contributed by atoms with E-state index in [0.717, 1.165) is 5.56 Å². The maximum atomic E-state index is 13.0. The van der Waals surface area contributed by atoms with Gasteiger partial charge in [0.15, 0.2) is 5.76 Å². The Kier molecular flexibility index (Phi) is 5.74. The molecule has 1 aliphatic heterocycles. The molecular formula is C22H24N2O6S. The first-order chi connectivity index (χ1) is 14.8. The number of rotatable bonds is 5. The number of hydrogen-bond donors (Lipinski definition) is 1. The van der Waals surface area contributed by atoms with Crippen LogP contribution >= 0.6 is 0 Å². The molecule has 0 spiro atoms. The molecule has 1 aromatic heterocycles. The molecule has 1 saturated heterocycles. The lowest BCUT2D eigenvalue weighted by Gasteiger charge is -2.26. The fourth-order valence-electron chi connectivity index (χ4n) is 3.61. The first-order valence-corrected chi connectivity index (χ1v) is 11.3. The summed E-state index contributed by atoms with van der Waals surface area (Å²) in [5, 5.41) is 3.40. The number of carbonyl (C=O) groups excluding carboxylic acids is 1. The second-order valence-corrected chi connectivity index (χ2v) is 9.33. The summed E-state index contributed by atoms with van der Waals surface area (Å²) in [6, 6.07) is 10.1. The largest absolute Gasteiger partial charge is 0.495 e. The molecule has 2 heterocycles. The number of carbonyl (C=O) groups is 1. The van der Waals surface area contributed by atoms with Gasteiger partial charge in [0.25, 0.3) is 5.91 Å². The van der Waals surface area contributed by atoms with Crippen LogP contribution in [0.5, 0.6) is 5.75 Å². The number of anilines is 1. The standard InChI is InChI=1S/C22H24N2O6S/c1-14-4-6-20(28-3)18(12-14)23-22(25)21-15(2)17-13-16(5-7-19(17)30-21)31(26,27)24-8-10-29-11-9-24/h4-7,12-13H,8-11H2,1-3H3,(H,23,25). The minimum absolute atomic E-state index is 0.125. The summed E-state index contributed by atoms with van der Waals surface area (Å²) in [5.41, 5.74) is 2.51. The van der Waals surface area contributed by atoms with Crippen LogP contribution in [-0.2, 0) is 14.8 Å². The third kappa shape index (κ3) is 4.04. The normalized spacial score (nSPS) is 15.2. The lowest BCUT2D eigenvalue weighted by Crippen LogP contribution is -2.40. The highest BCUT2D eigenvalue weighted by Gasteiger charge is 2.28. The smallest absolute Gasteiger partial charge is 0.291 e. The molecule has 0 atom stereocenters. The van der Waals surface area contributed by atoms with E-state index in [4.69, 9.17) is 13.9 Å². The van der Waals surface area contributed by atoms with Gasteiger partial charge in [-0.25, -0.2) is 8.42 Å². The summed E-state index contributed by atoms with van der Waals surface area (Å²) in [6.45, 7) is 5.03. The molecule has 1 fully saturated rings. The molecule has 0 saturated carbocycles. The summed E-state index contributed by atoms with van der Waals surface area (Å²) in [5.74, 6) is 0.223. The maximum absolute atomic E-state index is 13.0. The first-order valence-electron chi connectivity index (χ1n) is 9.88. The molecular weight excluding hydrogens is 420 g/mol. The van der Waals surface area contributed by atoms with Gasteiger partial charge in [-0.1, -0.05) is 6.07 Å². The Hall–Kier alpha value is -2.88. The second-order valence-electron chi connectivity index (χ2n) is 7.39. The molecule has 8 nitrogen and oxygen atoms in total. The van der Waals surface area contributed by atoms with Gasteiger partial charge in [0.2, 0.25) is 10.0 Å². The van der Waals surface area contributed by atoms with Gasteiger partial charge in [-0.2, -0.15) is 4.31 Å². The number of nitrogens with one attached hydrogen (secondary N) is 1. The van der Waals surface area contributed by atoms with E-state index in [2.05, 4.69) is 5.32 Å². The van der Waals surface area contributed by atoms with Gasteiger partial charge >= 0.3 is 0 Å². The van der Waals surface area contributed by atoms with Crippen molar-refractivity contribution >= 4 is 32.6 Å². The lowest BCUT2D eigenvalue weighted by atomic mass is 10.1. The van der Waals surface area contributed by atoms with E-state index >= 15 is 0 Å². The van der Waals surface area contributed by atoms with E-state index in [9.17, 15) is 13.2 Å². The molecule has 0 bridgehead atoms. The number of morpholine rings is 1. The zero-order chi connectivity index (χ0) is 22.2. The van der Waals surface area contributed by atoms with Gasteiger partial charge in [-0.15, -0.1) is 0 Å². The highest BCUT2D eigenvalue weighted by molar-refractivity contribution is 7.89. The predicted molar refractivity (Wildman–Crippen MR) is 116 cm³/mol. The monoisotopic (exact) mass is 444 g/mol. The van der Waals surface area contributed by atoms with Gasteiger partial charge in [0.05, 0.1) is 30.9 Å². The van der Waals surface area contributed by atoms with Crippen molar-refractivity contribution in [2.45, 2.75) is 18.7 Å². The van der Waals surface area contributed by atoms with E-state index in [-0.39, 0.29) is 10.7 Å². The van der Waals surface area contributed by atoms with Crippen LogP contribution in [0.4, 0.5) is 5.69 Å². The van der Waals surface area contributed by atoms with Gasteiger partial charge in [-0.05, 0) is 49.7 Å². The Bertz CT molecular complexity index is 1240. The number of nitrogens with zero attached hydrogens (tertiary/aromatic N) is 1. The van der Waals surface area contributed by atoms with E-state index in [1.54, 1.807) is 25.1 Å². The zero-order valence-electron chi connectivity index (χ0n) is 17.6. The SMILES string of the molecule is COc1ccc(C)cc1NC(=O)c1oc2ccc(S(=O)(=O)N3CCOCC3)cc2c1C. The number of benzene rings is 2. The van der Waals surface area contributed by atoms with Crippen molar-refractivity contribution in [3.8, 4) is 5.75 Å². The molecule has 9 heteroatoms. The molecule has 4 rings (SSSR count). The summed E-state index contributed by atoms with van der Waals surface area (Å²) in [7, 11) is -2.12. The number of fused-ring (bicyclic) bond motifs is 1. The Morgan fingerprint density at radius 2 is 1.84 bits per heavy atom. The number of hydrogen-bond acceptors (Lipinski definition) is 6. The molecule has 1 N–H and O–H groups in total. The van der Waals surface area contributed by atoms with Gasteiger partial charge in [-0.3, -0.25) is 4.79 Å². The number of amides is 1. The Morgan fingerprint density at radius 3 is 2.55 bits per heavy atom. The van der Waals surface area contributed by atoms with Crippen molar-refractivity contribution in [3.63, 3.8) is 0 Å². The zero-order valence-corrected chi connectivity index (χ0v) is 18.4. The van der Waals surface area contributed by atoms with Crippen LogP contribution in [0.25, 0.3) is 11.0 Å². The van der Waals surface area contributed by atoms with Crippen LogP contribution in [0.1, 0.15) is 21.7 Å². The third-order valence-corrected chi connectivity index (χ3v) is 7.22. The summed E-state index contributed by atoms with van der Waals surface area (Å²) < 4.78 is 43.7. The lowest BCUT2D eigenvalue weighted by molar-refractivity contribution is 0.0730. The van der Waals surface area contributed by atoms with E-state index in [1.165, 1.54) is 17.5 Å². The molecule has 2 aromatic carbocycles. The van der Waals surface area contributed by atoms with Crippen molar-refractivity contribution < 1.29 is 27.1 Å². The van der Waals surface area contributed by atoms with Crippen molar-refractivity contribution in [1.82, 2.24) is 4.31 Å². The topological polar surface area (TPSA) is 98.1 Å². The minimum Gasteiger partial charge on any atom is -0.495 e. The number of sulfonamides is 1. The second kappa shape index (κ2) is 8.33. The number of methoxy groups -OCH3 is 1. The average molecular weight is 445 g/mol. The predicted octanol–water partition coefficient (Wildman–Crippen LogP) is 3.33. The quantitative estimate of drug-likeness (QED) is 0.648. The van der Waals surface area contributed by atoms with Crippen molar-refractivity contribution in [1.29, 1.82) is 0 Å². The van der Waals surface area contributed by atoms with Crippen molar-refractivity contribution in [2.24, 2.45) is 0 Å². The summed E-state index contributed by atoms with van der Waals surface area (Å²) in [4.78, 5) is 13.1. The molecule has 31 heavy (non-hydrogen) atoms. The number of aryl methyl sites for hydroxylation is 2. The van der Waals surface area contributed by atoms with Crippen LogP contribution in [0, 0.1) is 13.8 Å². The van der Waals surface area contributed by atoms with Crippen LogP contribution in [0.15, 0.2) is 45.7 Å². The Balaban J connectivity index is 1.67. The Labute approximate surface area is 180 Å². The molecule has 1 aliphatic rings.